The lowest BCUT2D eigenvalue weighted by Gasteiger charge is -2.30. The molecule has 0 heterocycles. The first-order valence-electron chi connectivity index (χ1n) is 39.7. The van der Waals surface area contributed by atoms with Gasteiger partial charge in [0.15, 0.2) is 0 Å². The van der Waals surface area contributed by atoms with Crippen molar-refractivity contribution in [3.05, 3.63) is 146 Å². The van der Waals surface area contributed by atoms with Gasteiger partial charge in [-0.3, -0.25) is 9.36 Å². The fraction of sp³-hybridized carbons (Fsp3) is 0.709. The lowest BCUT2D eigenvalue weighted by atomic mass is 10.0. The van der Waals surface area contributed by atoms with Crippen LogP contribution in [-0.4, -0.2) is 68.5 Å². The van der Waals surface area contributed by atoms with Crippen LogP contribution in [0.5, 0.6) is 0 Å². The number of likely N-dealkylation sites (N-methyl/N-ethyl adjacent to an activating group) is 1. The zero-order chi connectivity index (χ0) is 69.0. The molecule has 0 saturated heterocycles. The van der Waals surface area contributed by atoms with Gasteiger partial charge in [0.2, 0.25) is 5.91 Å². The van der Waals surface area contributed by atoms with Crippen LogP contribution in [0.1, 0.15) is 341 Å². The Morgan fingerprint density at radius 2 is 0.642 bits per heavy atom. The highest BCUT2D eigenvalue weighted by molar-refractivity contribution is 7.45. The van der Waals surface area contributed by atoms with E-state index in [1.807, 2.05) is 21.1 Å². The number of quaternary nitrogens is 1. The molecule has 0 rings (SSSR count). The number of aliphatic hydroxyl groups excluding tert-OH is 1. The molecule has 9 heteroatoms. The summed E-state index contributed by atoms with van der Waals surface area (Å²) >= 11 is 0. The second-order valence-electron chi connectivity index (χ2n) is 27.7. The van der Waals surface area contributed by atoms with Crippen LogP contribution in [0.25, 0.3) is 0 Å². The summed E-state index contributed by atoms with van der Waals surface area (Å²) in [4.78, 5) is 25.7. The Kier molecular flexibility index (Phi) is 71.8. The highest BCUT2D eigenvalue weighted by Crippen LogP contribution is 2.38. The summed E-state index contributed by atoms with van der Waals surface area (Å²) in [5.41, 5.74) is 0. The number of nitrogens with zero attached hydrogens (tertiary/aromatic N) is 1. The zero-order valence-electron chi connectivity index (χ0n) is 62.6. The van der Waals surface area contributed by atoms with Gasteiger partial charge in [-0.2, -0.15) is 0 Å². The molecule has 0 aliphatic heterocycles. The summed E-state index contributed by atoms with van der Waals surface area (Å²) in [5.74, 6) is -0.190. The molecule has 0 radical (unpaired) electrons. The Morgan fingerprint density at radius 1 is 0.379 bits per heavy atom. The summed E-state index contributed by atoms with van der Waals surface area (Å²) < 4.78 is 23.6. The van der Waals surface area contributed by atoms with E-state index in [1.165, 1.54) is 186 Å². The van der Waals surface area contributed by atoms with Crippen LogP contribution in [0.3, 0.4) is 0 Å². The molecule has 0 saturated carbocycles. The highest BCUT2D eigenvalue weighted by Gasteiger charge is 2.24. The number of nitrogens with one attached hydrogen (secondary N) is 1. The summed E-state index contributed by atoms with van der Waals surface area (Å²) in [6.45, 7) is 4.61. The Morgan fingerprint density at radius 3 is 0.937 bits per heavy atom. The number of amides is 1. The second-order valence-corrected chi connectivity index (χ2v) is 29.1. The van der Waals surface area contributed by atoms with Crippen molar-refractivity contribution >= 4 is 13.7 Å². The summed E-state index contributed by atoms with van der Waals surface area (Å²) in [6.07, 6.45) is 114. The van der Waals surface area contributed by atoms with Gasteiger partial charge in [-0.15, -0.1) is 0 Å². The average molecular weight is 1340 g/mol. The first-order chi connectivity index (χ1) is 46.5. The Labute approximate surface area is 589 Å². The molecule has 3 unspecified atom stereocenters. The highest BCUT2D eigenvalue weighted by atomic mass is 31.2. The average Bonchev–Trinajstić information content (AvgIpc) is 2.01. The van der Waals surface area contributed by atoms with Gasteiger partial charge in [-0.1, -0.05) is 378 Å². The van der Waals surface area contributed by atoms with Crippen LogP contribution in [0.4, 0.5) is 0 Å². The molecule has 0 aliphatic rings. The summed E-state index contributed by atoms with van der Waals surface area (Å²) in [7, 11) is 1.28. The normalized spacial score (nSPS) is 14.3. The molecule has 0 bridgehead atoms. The van der Waals surface area contributed by atoms with E-state index >= 15 is 0 Å². The van der Waals surface area contributed by atoms with Gasteiger partial charge < -0.3 is 28.8 Å². The number of aliphatic hydroxyl groups is 1. The maximum absolute atomic E-state index is 13.1. The van der Waals surface area contributed by atoms with E-state index < -0.39 is 20.0 Å². The SMILES string of the molecule is CC/C=C\C/C=C\C/C=C\C/C=C\C/C=C\C/C=C\C/C=C\C/C=C\C/C=C\C/C=C\C/C=C\C/C=C\CCCCCCC(=O)NC(COP(=O)([O-])OCC[N+](C)(C)C)C(O)CCCCCCCCCCCCCCCCCCCCCCCCCCCCCCCCCC. The molecule has 546 valence electrons. The number of phosphoric ester groups is 1. The van der Waals surface area contributed by atoms with Crippen molar-refractivity contribution in [1.29, 1.82) is 0 Å². The minimum absolute atomic E-state index is 0.000142. The third kappa shape index (κ3) is 77.6. The standard InChI is InChI=1S/C86H151N2O6P/c1-6-8-10-12-14-16-18-20-22-24-26-28-30-32-34-36-38-40-41-42-43-44-45-46-47-48-50-52-54-56-58-60-62-64-66-68-70-72-74-76-78-80-86(90)87-84(83-94-95(91,92)93-82-81-88(3,4)5)85(89)79-77-75-73-71-69-67-65-63-61-59-57-55-53-51-49-39-37-35-33-31-29-27-25-23-21-19-17-15-13-11-9-7-2/h8,10,14,16,20,22,26,28,32,34,38,40,42-43,45-46,48,50,54,56,60,62,66,68,84-85,89H,6-7,9,11-13,15,17-19,21,23-25,27,29-31,33,35-37,39,41,44,47,49,51-53,55,57-59,61,63-65,67,69-83H2,1-5H3,(H-,87,90,91,92)/b10-8-,16-14-,22-20-,28-26-,34-32-,40-38-,43-42-,46-45-,50-48-,56-54-,62-60-,68-66-. The molecule has 0 fully saturated rings. The van der Waals surface area contributed by atoms with Gasteiger partial charge in [0, 0.05) is 6.42 Å². The lowest BCUT2D eigenvalue weighted by Crippen LogP contribution is -2.46. The Balaban J connectivity index is 4.10. The molecular formula is C86H151N2O6P. The third-order valence-corrected chi connectivity index (χ3v) is 18.3. The van der Waals surface area contributed by atoms with E-state index in [-0.39, 0.29) is 19.1 Å². The van der Waals surface area contributed by atoms with Crippen LogP contribution in [-0.2, 0) is 18.4 Å². The maximum Gasteiger partial charge on any atom is 0.268 e. The fourth-order valence-electron chi connectivity index (χ4n) is 11.3. The molecule has 0 aliphatic carbocycles. The van der Waals surface area contributed by atoms with Gasteiger partial charge in [0.1, 0.15) is 13.2 Å². The van der Waals surface area contributed by atoms with Gasteiger partial charge in [-0.05, 0) is 103 Å². The smallest absolute Gasteiger partial charge is 0.268 e. The van der Waals surface area contributed by atoms with Crippen LogP contribution >= 0.6 is 7.82 Å². The van der Waals surface area contributed by atoms with Gasteiger partial charge >= 0.3 is 0 Å². The first-order valence-corrected chi connectivity index (χ1v) is 41.1. The molecule has 1 amide bonds. The lowest BCUT2D eigenvalue weighted by molar-refractivity contribution is -0.870. The molecule has 0 aromatic carbocycles. The number of phosphoric acid groups is 1. The molecule has 0 aromatic heterocycles. The molecule has 3 atom stereocenters. The number of hydrogen-bond acceptors (Lipinski definition) is 6. The predicted molar refractivity (Wildman–Crippen MR) is 417 cm³/mol. The molecule has 0 aromatic rings. The largest absolute Gasteiger partial charge is 0.756 e. The van der Waals surface area contributed by atoms with Crippen LogP contribution < -0.4 is 10.2 Å². The number of allylic oxidation sites excluding steroid dienone is 24. The van der Waals surface area contributed by atoms with E-state index in [1.54, 1.807) is 0 Å². The number of hydrogen-bond donors (Lipinski definition) is 2. The first kappa shape index (κ1) is 91.4. The van der Waals surface area contributed by atoms with E-state index in [4.69, 9.17) is 9.05 Å². The van der Waals surface area contributed by atoms with E-state index in [2.05, 4.69) is 165 Å². The number of rotatable bonds is 72. The number of carbonyl (C=O) groups excluding carboxylic acids is 1. The van der Waals surface area contributed by atoms with Crippen LogP contribution in [0.15, 0.2) is 146 Å². The van der Waals surface area contributed by atoms with Crippen molar-refractivity contribution in [2.24, 2.45) is 0 Å². The monoisotopic (exact) mass is 1340 g/mol. The van der Waals surface area contributed by atoms with Crippen molar-refractivity contribution in [1.82, 2.24) is 5.32 Å². The zero-order valence-corrected chi connectivity index (χ0v) is 63.5. The summed E-state index contributed by atoms with van der Waals surface area (Å²) in [6, 6.07) is -0.828. The van der Waals surface area contributed by atoms with Crippen LogP contribution in [0, 0.1) is 0 Å². The Hall–Kier alpha value is -3.62. The van der Waals surface area contributed by atoms with Gasteiger partial charge in [-0.25, -0.2) is 0 Å². The third-order valence-electron chi connectivity index (χ3n) is 17.3. The van der Waals surface area contributed by atoms with Gasteiger partial charge in [0.05, 0.1) is 39.9 Å². The van der Waals surface area contributed by atoms with Crippen molar-refractivity contribution in [2.45, 2.75) is 353 Å². The van der Waals surface area contributed by atoms with E-state index in [0.29, 0.717) is 23.9 Å². The maximum atomic E-state index is 13.1. The minimum Gasteiger partial charge on any atom is -0.756 e. The molecule has 95 heavy (non-hydrogen) atoms. The van der Waals surface area contributed by atoms with E-state index in [0.717, 1.165) is 128 Å². The van der Waals surface area contributed by atoms with Crippen molar-refractivity contribution < 1.29 is 32.9 Å². The summed E-state index contributed by atoms with van der Waals surface area (Å²) in [5, 5.41) is 14.1. The molecule has 2 N–H and O–H groups in total. The van der Waals surface area contributed by atoms with Gasteiger partial charge in [0.25, 0.3) is 7.82 Å². The van der Waals surface area contributed by atoms with Crippen molar-refractivity contribution in [2.75, 3.05) is 40.9 Å². The number of carbonyl (C=O) groups is 1. The topological polar surface area (TPSA) is 108 Å². The number of unbranched alkanes of at least 4 members (excludes halogenated alkanes) is 35. The molecule has 0 spiro atoms. The molecule has 8 nitrogen and oxygen atoms in total. The van der Waals surface area contributed by atoms with Crippen molar-refractivity contribution in [3.63, 3.8) is 0 Å². The van der Waals surface area contributed by atoms with E-state index in [9.17, 15) is 19.4 Å². The molecular weight excluding hydrogens is 1190 g/mol. The Bertz CT molecular complexity index is 2070. The minimum atomic E-state index is -4.60. The second kappa shape index (κ2) is 74.6. The van der Waals surface area contributed by atoms with Crippen LogP contribution in [0.2, 0.25) is 0 Å². The quantitative estimate of drug-likeness (QED) is 0.0272. The predicted octanol–water partition coefficient (Wildman–Crippen LogP) is 25.6. The van der Waals surface area contributed by atoms with Crippen molar-refractivity contribution in [3.8, 4) is 0 Å². The fourth-order valence-corrected chi connectivity index (χ4v) is 12.0.